The van der Waals surface area contributed by atoms with Gasteiger partial charge in [-0.2, -0.15) is 0 Å². The molecule has 3 nitrogen and oxygen atoms in total. The third kappa shape index (κ3) is 2.19. The van der Waals surface area contributed by atoms with E-state index in [9.17, 15) is 4.79 Å². The highest BCUT2D eigenvalue weighted by Crippen LogP contribution is 2.26. The number of carboxylic acids is 1. The summed E-state index contributed by atoms with van der Waals surface area (Å²) in [4.78, 5) is 10.4. The van der Waals surface area contributed by atoms with Crippen molar-refractivity contribution in [2.24, 2.45) is 5.92 Å². The number of aliphatic carboxylic acids is 1. The molecule has 11 heavy (non-hydrogen) atoms. The quantitative estimate of drug-likeness (QED) is 0.638. The standard InChI is InChI=1S/C8H15NO2/c1-5-3-7(4-5)9-6(2)8(10)11/h5-7,9H,3-4H2,1-2H3,(H,10,11). The Bertz CT molecular complexity index is 152. The Morgan fingerprint density at radius 3 is 2.55 bits per heavy atom. The number of rotatable bonds is 3. The van der Waals surface area contributed by atoms with Crippen molar-refractivity contribution >= 4 is 5.97 Å². The average molecular weight is 157 g/mol. The second kappa shape index (κ2) is 3.22. The van der Waals surface area contributed by atoms with E-state index in [1.807, 2.05) is 0 Å². The first-order valence-electron chi connectivity index (χ1n) is 4.08. The molecule has 0 aromatic heterocycles. The van der Waals surface area contributed by atoms with Gasteiger partial charge in [-0.1, -0.05) is 6.92 Å². The lowest BCUT2D eigenvalue weighted by atomic mass is 9.81. The van der Waals surface area contributed by atoms with Crippen LogP contribution in [-0.4, -0.2) is 23.2 Å². The highest BCUT2D eigenvalue weighted by Gasteiger charge is 2.27. The van der Waals surface area contributed by atoms with E-state index in [-0.39, 0.29) is 0 Å². The van der Waals surface area contributed by atoms with Crippen molar-refractivity contribution in [3.8, 4) is 0 Å². The summed E-state index contributed by atoms with van der Waals surface area (Å²) in [6.45, 7) is 3.87. The molecule has 1 aliphatic rings. The normalized spacial score (nSPS) is 32.5. The van der Waals surface area contributed by atoms with Gasteiger partial charge < -0.3 is 10.4 Å². The maximum Gasteiger partial charge on any atom is 0.320 e. The number of carbonyl (C=O) groups is 1. The van der Waals surface area contributed by atoms with E-state index in [0.29, 0.717) is 6.04 Å². The van der Waals surface area contributed by atoms with Crippen LogP contribution >= 0.6 is 0 Å². The summed E-state index contributed by atoms with van der Waals surface area (Å²) in [5.74, 6) is 0.0121. The molecule has 0 saturated heterocycles. The van der Waals surface area contributed by atoms with E-state index >= 15 is 0 Å². The highest BCUT2D eigenvalue weighted by atomic mass is 16.4. The molecule has 0 aromatic rings. The van der Waals surface area contributed by atoms with Crippen LogP contribution in [0.1, 0.15) is 26.7 Å². The molecule has 0 amide bonds. The van der Waals surface area contributed by atoms with E-state index in [4.69, 9.17) is 5.11 Å². The van der Waals surface area contributed by atoms with Gasteiger partial charge in [0, 0.05) is 6.04 Å². The molecule has 0 aromatic carbocycles. The van der Waals surface area contributed by atoms with Crippen molar-refractivity contribution in [1.82, 2.24) is 5.32 Å². The summed E-state index contributed by atoms with van der Waals surface area (Å²) in [5.41, 5.74) is 0. The molecule has 1 saturated carbocycles. The Balaban J connectivity index is 2.16. The van der Waals surface area contributed by atoms with Gasteiger partial charge in [-0.25, -0.2) is 0 Å². The van der Waals surface area contributed by atoms with Crippen molar-refractivity contribution in [3.05, 3.63) is 0 Å². The second-order valence-electron chi connectivity index (χ2n) is 3.50. The smallest absolute Gasteiger partial charge is 0.320 e. The van der Waals surface area contributed by atoms with E-state index in [1.54, 1.807) is 6.92 Å². The van der Waals surface area contributed by atoms with Crippen LogP contribution in [0.25, 0.3) is 0 Å². The van der Waals surface area contributed by atoms with Crippen LogP contribution in [0.3, 0.4) is 0 Å². The SMILES string of the molecule is CC1CC(NC(C)C(=O)O)C1. The molecule has 1 atom stereocenters. The maximum atomic E-state index is 10.4. The van der Waals surface area contributed by atoms with E-state index in [0.717, 1.165) is 18.8 Å². The Morgan fingerprint density at radius 1 is 1.64 bits per heavy atom. The van der Waals surface area contributed by atoms with Crippen molar-refractivity contribution in [2.75, 3.05) is 0 Å². The fourth-order valence-electron chi connectivity index (χ4n) is 1.46. The first kappa shape index (κ1) is 8.53. The summed E-state index contributed by atoms with van der Waals surface area (Å²) in [6.07, 6.45) is 2.25. The molecule has 1 rings (SSSR count). The van der Waals surface area contributed by atoms with Crippen LogP contribution < -0.4 is 5.32 Å². The Labute approximate surface area is 66.8 Å². The van der Waals surface area contributed by atoms with Crippen molar-refractivity contribution in [2.45, 2.75) is 38.8 Å². The van der Waals surface area contributed by atoms with Gasteiger partial charge in [-0.15, -0.1) is 0 Å². The molecule has 3 heteroatoms. The predicted molar refractivity (Wildman–Crippen MR) is 42.4 cm³/mol. The first-order valence-corrected chi connectivity index (χ1v) is 4.08. The van der Waals surface area contributed by atoms with Crippen molar-refractivity contribution < 1.29 is 9.90 Å². The van der Waals surface area contributed by atoms with Gasteiger partial charge in [-0.05, 0) is 25.7 Å². The van der Waals surface area contributed by atoms with E-state index in [1.165, 1.54) is 0 Å². The maximum absolute atomic E-state index is 10.4. The highest BCUT2D eigenvalue weighted by molar-refractivity contribution is 5.72. The van der Waals surface area contributed by atoms with Gasteiger partial charge in [0.05, 0.1) is 0 Å². The minimum atomic E-state index is -0.760. The summed E-state index contributed by atoms with van der Waals surface area (Å²) >= 11 is 0. The molecule has 1 aliphatic carbocycles. The van der Waals surface area contributed by atoms with Gasteiger partial charge in [0.25, 0.3) is 0 Å². The van der Waals surface area contributed by atoms with Crippen molar-refractivity contribution in [3.63, 3.8) is 0 Å². The van der Waals surface area contributed by atoms with E-state index in [2.05, 4.69) is 12.2 Å². The predicted octanol–water partition coefficient (Wildman–Crippen LogP) is 0.848. The third-order valence-electron chi connectivity index (χ3n) is 2.23. The lowest BCUT2D eigenvalue weighted by molar-refractivity contribution is -0.139. The molecule has 0 radical (unpaired) electrons. The minimum absolute atomic E-state index is 0.396. The van der Waals surface area contributed by atoms with Gasteiger partial charge >= 0.3 is 5.97 Å². The van der Waals surface area contributed by atoms with Crippen LogP contribution in [0.15, 0.2) is 0 Å². The number of hydrogen-bond acceptors (Lipinski definition) is 2. The fraction of sp³-hybridized carbons (Fsp3) is 0.875. The molecular formula is C8H15NO2. The molecule has 0 heterocycles. The lowest BCUT2D eigenvalue weighted by Gasteiger charge is -2.34. The topological polar surface area (TPSA) is 49.3 Å². The Hall–Kier alpha value is -0.570. The first-order chi connectivity index (χ1) is 5.09. The Kier molecular flexibility index (Phi) is 2.49. The second-order valence-corrected chi connectivity index (χ2v) is 3.50. The summed E-state index contributed by atoms with van der Waals surface area (Å²) in [7, 11) is 0. The summed E-state index contributed by atoms with van der Waals surface area (Å²) in [5, 5.41) is 11.6. The lowest BCUT2D eigenvalue weighted by Crippen LogP contribution is -2.47. The molecule has 0 aliphatic heterocycles. The van der Waals surface area contributed by atoms with Crippen LogP contribution in [0.4, 0.5) is 0 Å². The average Bonchev–Trinajstić information content (AvgIpc) is 1.84. The zero-order valence-corrected chi connectivity index (χ0v) is 7.00. The van der Waals surface area contributed by atoms with Crippen LogP contribution in [-0.2, 0) is 4.79 Å². The molecule has 1 unspecified atom stereocenters. The van der Waals surface area contributed by atoms with Gasteiger partial charge in [-0.3, -0.25) is 4.79 Å². The number of nitrogens with one attached hydrogen (secondary N) is 1. The largest absolute Gasteiger partial charge is 0.480 e. The molecule has 0 spiro atoms. The van der Waals surface area contributed by atoms with Crippen LogP contribution in [0.2, 0.25) is 0 Å². The molecule has 64 valence electrons. The zero-order valence-electron chi connectivity index (χ0n) is 7.00. The molecular weight excluding hydrogens is 142 g/mol. The van der Waals surface area contributed by atoms with Crippen molar-refractivity contribution in [1.29, 1.82) is 0 Å². The fourth-order valence-corrected chi connectivity index (χ4v) is 1.46. The minimum Gasteiger partial charge on any atom is -0.480 e. The third-order valence-corrected chi connectivity index (χ3v) is 2.23. The zero-order chi connectivity index (χ0) is 8.43. The number of hydrogen-bond donors (Lipinski definition) is 2. The summed E-state index contributed by atoms with van der Waals surface area (Å²) < 4.78 is 0. The van der Waals surface area contributed by atoms with Gasteiger partial charge in [0.1, 0.15) is 6.04 Å². The van der Waals surface area contributed by atoms with Gasteiger partial charge in [0.2, 0.25) is 0 Å². The van der Waals surface area contributed by atoms with Crippen LogP contribution in [0.5, 0.6) is 0 Å². The Morgan fingerprint density at radius 2 is 2.18 bits per heavy atom. The molecule has 2 N–H and O–H groups in total. The van der Waals surface area contributed by atoms with Crippen LogP contribution in [0, 0.1) is 5.92 Å². The molecule has 0 bridgehead atoms. The number of carboxylic acid groups (broad SMARTS) is 1. The monoisotopic (exact) mass is 157 g/mol. The van der Waals surface area contributed by atoms with E-state index < -0.39 is 12.0 Å². The summed E-state index contributed by atoms with van der Waals surface area (Å²) in [6, 6.07) is 0.0450. The molecule has 1 fully saturated rings. The van der Waals surface area contributed by atoms with Gasteiger partial charge in [0.15, 0.2) is 0 Å².